The zero-order valence-electron chi connectivity index (χ0n) is 14.5. The first-order valence-electron chi connectivity index (χ1n) is 8.39. The van der Waals surface area contributed by atoms with Gasteiger partial charge in [0.15, 0.2) is 0 Å². The number of nitrogens with zero attached hydrogens (tertiary/aromatic N) is 4. The van der Waals surface area contributed by atoms with Gasteiger partial charge in [-0.2, -0.15) is 0 Å². The molecule has 2 aromatic heterocycles. The summed E-state index contributed by atoms with van der Waals surface area (Å²) < 4.78 is 5.20. The summed E-state index contributed by atoms with van der Waals surface area (Å²) in [5.74, 6) is 0.690. The normalized spacial score (nSPS) is 17.0. The predicted octanol–water partition coefficient (Wildman–Crippen LogP) is 2.13. The minimum Gasteiger partial charge on any atom is -0.361 e. The smallest absolute Gasteiger partial charge is 0.230 e. The van der Waals surface area contributed by atoms with Gasteiger partial charge in [0.25, 0.3) is 0 Å². The van der Waals surface area contributed by atoms with Crippen LogP contribution in [0.2, 0.25) is 0 Å². The Balaban J connectivity index is 1.57. The van der Waals surface area contributed by atoms with E-state index in [0.717, 1.165) is 49.7 Å². The van der Waals surface area contributed by atoms with Crippen molar-refractivity contribution in [2.45, 2.75) is 33.2 Å². The molecule has 0 unspecified atom stereocenters. The van der Waals surface area contributed by atoms with Crippen molar-refractivity contribution in [3.63, 3.8) is 0 Å². The maximum absolute atomic E-state index is 12.8. The van der Waals surface area contributed by atoms with E-state index in [0.29, 0.717) is 0 Å². The molecule has 1 aliphatic heterocycles. The number of hydrogen-bond acceptors (Lipinski definition) is 5. The van der Waals surface area contributed by atoms with Crippen LogP contribution in [0.3, 0.4) is 0 Å². The number of amides is 1. The topological polar surface area (TPSA) is 62.5 Å². The van der Waals surface area contributed by atoms with E-state index in [1.807, 2.05) is 37.9 Å². The van der Waals surface area contributed by atoms with Crippen LogP contribution in [0.4, 0.5) is 0 Å². The lowest BCUT2D eigenvalue weighted by Crippen LogP contribution is -2.49. The fourth-order valence-electron chi connectivity index (χ4n) is 3.38. The Labute approximate surface area is 142 Å². The third-order valence-corrected chi connectivity index (χ3v) is 4.70. The van der Waals surface area contributed by atoms with E-state index in [1.54, 1.807) is 6.20 Å². The van der Waals surface area contributed by atoms with E-state index < -0.39 is 0 Å². The quantitative estimate of drug-likeness (QED) is 0.860. The van der Waals surface area contributed by atoms with Crippen LogP contribution in [0.25, 0.3) is 0 Å². The number of aromatic nitrogens is 2. The summed E-state index contributed by atoms with van der Waals surface area (Å²) in [5, 5.41) is 3.96. The third kappa shape index (κ3) is 3.48. The van der Waals surface area contributed by atoms with Crippen molar-refractivity contribution < 1.29 is 9.32 Å². The molecule has 0 aliphatic carbocycles. The van der Waals surface area contributed by atoms with Gasteiger partial charge in [-0.1, -0.05) is 11.2 Å². The molecule has 3 heterocycles. The molecule has 6 heteroatoms. The van der Waals surface area contributed by atoms with Gasteiger partial charge < -0.3 is 9.42 Å². The summed E-state index contributed by atoms with van der Waals surface area (Å²) in [7, 11) is 0. The van der Waals surface area contributed by atoms with Crippen molar-refractivity contribution in [1.82, 2.24) is 19.9 Å². The Bertz CT molecular complexity index is 671. The van der Waals surface area contributed by atoms with Crippen LogP contribution in [0.15, 0.2) is 29.0 Å². The highest BCUT2D eigenvalue weighted by Crippen LogP contribution is 2.25. The van der Waals surface area contributed by atoms with Crippen LogP contribution in [0.5, 0.6) is 0 Å². The van der Waals surface area contributed by atoms with Crippen LogP contribution in [0.1, 0.15) is 35.4 Å². The van der Waals surface area contributed by atoms with E-state index >= 15 is 0 Å². The Morgan fingerprint density at radius 3 is 2.62 bits per heavy atom. The molecule has 0 radical (unpaired) electrons. The van der Waals surface area contributed by atoms with Gasteiger partial charge >= 0.3 is 0 Å². The number of carbonyl (C=O) groups is 1. The van der Waals surface area contributed by atoms with E-state index in [-0.39, 0.29) is 11.8 Å². The molecule has 0 N–H and O–H groups in total. The number of pyridine rings is 1. The molecule has 24 heavy (non-hydrogen) atoms. The molecule has 0 bridgehead atoms. The SMILES string of the molecule is Cc1noc(C)c1[C@H](C)C(=O)N1CCN(Cc2cccnc2)CC1. The maximum Gasteiger partial charge on any atom is 0.230 e. The summed E-state index contributed by atoms with van der Waals surface area (Å²) in [6, 6.07) is 4.05. The van der Waals surface area contributed by atoms with Gasteiger partial charge in [-0.15, -0.1) is 0 Å². The van der Waals surface area contributed by atoms with Crippen molar-refractivity contribution in [3.05, 3.63) is 47.1 Å². The van der Waals surface area contributed by atoms with E-state index in [1.165, 1.54) is 5.56 Å². The molecule has 1 amide bonds. The van der Waals surface area contributed by atoms with Gasteiger partial charge in [0.1, 0.15) is 5.76 Å². The molecule has 0 saturated carbocycles. The number of carbonyl (C=O) groups excluding carboxylic acids is 1. The molecule has 6 nitrogen and oxygen atoms in total. The van der Waals surface area contributed by atoms with Gasteiger partial charge in [-0.05, 0) is 32.4 Å². The molecule has 128 valence electrons. The molecular weight excluding hydrogens is 304 g/mol. The minimum atomic E-state index is -0.207. The van der Waals surface area contributed by atoms with Gasteiger partial charge in [-0.3, -0.25) is 14.7 Å². The molecule has 0 spiro atoms. The third-order valence-electron chi connectivity index (χ3n) is 4.70. The molecule has 1 saturated heterocycles. The van der Waals surface area contributed by atoms with Crippen molar-refractivity contribution in [3.8, 4) is 0 Å². The first kappa shape index (κ1) is 16.6. The molecule has 0 aromatic carbocycles. The molecule has 1 atom stereocenters. The largest absolute Gasteiger partial charge is 0.361 e. The standard InChI is InChI=1S/C18H24N4O2/c1-13(17-14(2)20-24-15(17)3)18(23)22-9-7-21(8-10-22)12-16-5-4-6-19-11-16/h4-6,11,13H,7-10,12H2,1-3H3/t13-/m0/s1. The molecule has 3 rings (SSSR count). The predicted molar refractivity (Wildman–Crippen MR) is 90.5 cm³/mol. The lowest BCUT2D eigenvalue weighted by atomic mass is 9.97. The van der Waals surface area contributed by atoms with Crippen molar-refractivity contribution in [2.24, 2.45) is 0 Å². The van der Waals surface area contributed by atoms with E-state index in [9.17, 15) is 4.79 Å². The first-order valence-corrected chi connectivity index (χ1v) is 8.39. The van der Waals surface area contributed by atoms with Crippen molar-refractivity contribution in [1.29, 1.82) is 0 Å². The summed E-state index contributed by atoms with van der Waals surface area (Å²) in [5.41, 5.74) is 2.95. The Hall–Kier alpha value is -2.21. The second kappa shape index (κ2) is 7.13. The van der Waals surface area contributed by atoms with Crippen LogP contribution in [-0.2, 0) is 11.3 Å². The maximum atomic E-state index is 12.8. The van der Waals surface area contributed by atoms with Gasteiger partial charge in [-0.25, -0.2) is 0 Å². The average Bonchev–Trinajstić information content (AvgIpc) is 2.94. The zero-order valence-corrected chi connectivity index (χ0v) is 14.5. The van der Waals surface area contributed by atoms with Crippen LogP contribution >= 0.6 is 0 Å². The second-order valence-corrected chi connectivity index (χ2v) is 6.42. The number of piperazine rings is 1. The molecule has 1 aliphatic rings. The monoisotopic (exact) mass is 328 g/mol. The average molecular weight is 328 g/mol. The highest BCUT2D eigenvalue weighted by atomic mass is 16.5. The van der Waals surface area contributed by atoms with Crippen LogP contribution < -0.4 is 0 Å². The zero-order chi connectivity index (χ0) is 17.1. The van der Waals surface area contributed by atoms with Crippen LogP contribution in [-0.4, -0.2) is 52.0 Å². The van der Waals surface area contributed by atoms with E-state index in [2.05, 4.69) is 21.1 Å². The summed E-state index contributed by atoms with van der Waals surface area (Å²) in [6.45, 7) is 9.86. The fraction of sp³-hybridized carbons (Fsp3) is 0.500. The Morgan fingerprint density at radius 2 is 2.04 bits per heavy atom. The minimum absolute atomic E-state index is 0.158. The van der Waals surface area contributed by atoms with Crippen molar-refractivity contribution >= 4 is 5.91 Å². The Morgan fingerprint density at radius 1 is 1.29 bits per heavy atom. The second-order valence-electron chi connectivity index (χ2n) is 6.42. The van der Waals surface area contributed by atoms with Gasteiger partial charge in [0.05, 0.1) is 11.6 Å². The molecule has 2 aromatic rings. The summed E-state index contributed by atoms with van der Waals surface area (Å²) in [4.78, 5) is 21.3. The molecular formula is C18H24N4O2. The lowest BCUT2D eigenvalue weighted by Gasteiger charge is -2.36. The van der Waals surface area contributed by atoms with Crippen LogP contribution in [0, 0.1) is 13.8 Å². The van der Waals surface area contributed by atoms with Gasteiger partial charge in [0, 0.05) is 50.7 Å². The number of aryl methyl sites for hydroxylation is 2. The highest BCUT2D eigenvalue weighted by molar-refractivity contribution is 5.84. The summed E-state index contributed by atoms with van der Waals surface area (Å²) >= 11 is 0. The first-order chi connectivity index (χ1) is 11.6. The lowest BCUT2D eigenvalue weighted by molar-refractivity contribution is -0.134. The molecule has 1 fully saturated rings. The number of rotatable bonds is 4. The van der Waals surface area contributed by atoms with Crippen molar-refractivity contribution in [2.75, 3.05) is 26.2 Å². The number of hydrogen-bond donors (Lipinski definition) is 0. The van der Waals surface area contributed by atoms with E-state index in [4.69, 9.17) is 4.52 Å². The highest BCUT2D eigenvalue weighted by Gasteiger charge is 2.29. The summed E-state index contributed by atoms with van der Waals surface area (Å²) in [6.07, 6.45) is 3.69. The fourth-order valence-corrected chi connectivity index (χ4v) is 3.38. The van der Waals surface area contributed by atoms with Gasteiger partial charge in [0.2, 0.25) is 5.91 Å². The Kier molecular flexibility index (Phi) is 4.94.